The lowest BCUT2D eigenvalue weighted by Gasteiger charge is -2.14. The number of fused-ring (bicyclic) bond motifs is 1. The van der Waals surface area contributed by atoms with Crippen LogP contribution in [0.2, 0.25) is 0 Å². The van der Waals surface area contributed by atoms with Crippen LogP contribution in [0.3, 0.4) is 0 Å². The van der Waals surface area contributed by atoms with Crippen molar-refractivity contribution in [3.63, 3.8) is 0 Å². The fourth-order valence-electron chi connectivity index (χ4n) is 3.57. The molecule has 7 nitrogen and oxygen atoms in total. The summed E-state index contributed by atoms with van der Waals surface area (Å²) in [5, 5.41) is 0. The van der Waals surface area contributed by atoms with E-state index in [0.717, 1.165) is 11.1 Å². The number of Topliss-reactive ketones (excluding diaryl/α,β-unsaturated/α-hetero) is 1. The molecule has 158 valence electrons. The van der Waals surface area contributed by atoms with Gasteiger partial charge in [0.25, 0.3) is 0 Å². The molecule has 0 radical (unpaired) electrons. The summed E-state index contributed by atoms with van der Waals surface area (Å²) in [5.41, 5.74) is 3.87. The summed E-state index contributed by atoms with van der Waals surface area (Å²) >= 11 is 0. The molecule has 1 N–H and O–H groups in total. The number of H-pyrrole nitrogens is 1. The Kier molecular flexibility index (Phi) is 5.58. The zero-order valence-electron chi connectivity index (χ0n) is 17.8. The summed E-state index contributed by atoms with van der Waals surface area (Å²) < 4.78 is 16.3. The molecule has 2 heterocycles. The maximum Gasteiger partial charge on any atom is 0.203 e. The summed E-state index contributed by atoms with van der Waals surface area (Å²) in [6, 6.07) is 13.3. The number of methoxy groups -OCH3 is 3. The number of benzene rings is 2. The molecule has 0 saturated heterocycles. The molecule has 0 amide bonds. The molecule has 0 bridgehead atoms. The van der Waals surface area contributed by atoms with Gasteiger partial charge in [-0.2, -0.15) is 0 Å². The number of nitrogens with one attached hydrogen (secondary N) is 1. The highest BCUT2D eigenvalue weighted by Crippen LogP contribution is 2.41. The van der Waals surface area contributed by atoms with Crippen molar-refractivity contribution in [1.82, 2.24) is 15.0 Å². The van der Waals surface area contributed by atoms with Gasteiger partial charge < -0.3 is 19.2 Å². The van der Waals surface area contributed by atoms with Crippen molar-refractivity contribution in [2.24, 2.45) is 0 Å². The van der Waals surface area contributed by atoms with Gasteiger partial charge in [-0.15, -0.1) is 0 Å². The van der Waals surface area contributed by atoms with Crippen molar-refractivity contribution in [3.8, 4) is 28.5 Å². The first-order chi connectivity index (χ1) is 15.1. The van der Waals surface area contributed by atoms with E-state index in [1.165, 1.54) is 0 Å². The summed E-state index contributed by atoms with van der Waals surface area (Å²) in [7, 11) is 4.67. The minimum absolute atomic E-state index is 0.0196. The molecule has 2 aromatic heterocycles. The van der Waals surface area contributed by atoms with E-state index in [0.29, 0.717) is 39.7 Å². The predicted octanol–water partition coefficient (Wildman–Crippen LogP) is 4.64. The molecule has 0 fully saturated rings. The number of ketones is 1. The first-order valence-electron chi connectivity index (χ1n) is 9.81. The number of nitrogens with zero attached hydrogens (tertiary/aromatic N) is 2. The van der Waals surface area contributed by atoms with E-state index >= 15 is 0 Å². The first kappa shape index (κ1) is 20.4. The summed E-state index contributed by atoms with van der Waals surface area (Å²) in [4.78, 5) is 25.5. The highest BCUT2D eigenvalue weighted by Gasteiger charge is 2.22. The Balaban J connectivity index is 1.78. The van der Waals surface area contributed by atoms with Gasteiger partial charge in [0.1, 0.15) is 5.52 Å². The average Bonchev–Trinajstić information content (AvgIpc) is 3.25. The van der Waals surface area contributed by atoms with Gasteiger partial charge in [-0.1, -0.05) is 37.3 Å². The standard InChI is InChI=1S/C24H23N3O4/c1-14(15-8-6-5-7-9-15)22(28)17-12-25-24-21(17)27-18(13-26-24)16-10-19(29-2)23(31-4)20(11-16)30-3/h5-14H,1-4H3,(H,25,26). The smallest absolute Gasteiger partial charge is 0.203 e. The average molecular weight is 417 g/mol. The van der Waals surface area contributed by atoms with E-state index in [1.807, 2.05) is 37.3 Å². The number of ether oxygens (including phenoxy) is 3. The van der Waals surface area contributed by atoms with Crippen molar-refractivity contribution in [2.45, 2.75) is 12.8 Å². The predicted molar refractivity (Wildman–Crippen MR) is 118 cm³/mol. The van der Waals surface area contributed by atoms with Gasteiger partial charge in [0, 0.05) is 17.7 Å². The van der Waals surface area contributed by atoms with E-state index in [9.17, 15) is 4.79 Å². The molecule has 4 rings (SSSR count). The number of carbonyl (C=O) groups excluding carboxylic acids is 1. The summed E-state index contributed by atoms with van der Waals surface area (Å²) in [6.45, 7) is 1.90. The van der Waals surface area contributed by atoms with Crippen molar-refractivity contribution >= 4 is 16.9 Å². The van der Waals surface area contributed by atoms with Crippen LogP contribution in [-0.2, 0) is 0 Å². The lowest BCUT2D eigenvalue weighted by atomic mass is 9.93. The monoisotopic (exact) mass is 417 g/mol. The zero-order chi connectivity index (χ0) is 22.0. The quantitative estimate of drug-likeness (QED) is 0.441. The van der Waals surface area contributed by atoms with Crippen LogP contribution in [0.4, 0.5) is 0 Å². The van der Waals surface area contributed by atoms with E-state index in [2.05, 4.69) is 9.97 Å². The molecule has 0 saturated carbocycles. The zero-order valence-corrected chi connectivity index (χ0v) is 17.8. The maximum absolute atomic E-state index is 13.2. The van der Waals surface area contributed by atoms with Crippen molar-refractivity contribution in [1.29, 1.82) is 0 Å². The van der Waals surface area contributed by atoms with E-state index in [4.69, 9.17) is 19.2 Å². The van der Waals surface area contributed by atoms with Crippen LogP contribution in [0.1, 0.15) is 28.8 Å². The van der Waals surface area contributed by atoms with Crippen LogP contribution in [-0.4, -0.2) is 42.1 Å². The van der Waals surface area contributed by atoms with Gasteiger partial charge in [0.15, 0.2) is 22.9 Å². The number of carbonyl (C=O) groups is 1. The van der Waals surface area contributed by atoms with Crippen LogP contribution < -0.4 is 14.2 Å². The molecule has 4 aromatic rings. The third kappa shape index (κ3) is 3.70. The molecular weight excluding hydrogens is 394 g/mol. The SMILES string of the molecule is COc1cc(-c2cnc3[nH]cc(C(=O)C(C)c4ccccc4)c3n2)cc(OC)c1OC. The minimum Gasteiger partial charge on any atom is -0.493 e. The van der Waals surface area contributed by atoms with Gasteiger partial charge in [-0.3, -0.25) is 4.79 Å². The Bertz CT molecular complexity index is 1210. The van der Waals surface area contributed by atoms with Crippen LogP contribution in [0.25, 0.3) is 22.4 Å². The fourth-order valence-corrected chi connectivity index (χ4v) is 3.57. The molecule has 1 atom stereocenters. The molecule has 0 aliphatic carbocycles. The second-order valence-corrected chi connectivity index (χ2v) is 7.07. The number of aromatic amines is 1. The molecule has 7 heteroatoms. The third-order valence-corrected chi connectivity index (χ3v) is 5.30. The number of hydrogen-bond acceptors (Lipinski definition) is 6. The Labute approximate surface area is 180 Å². The van der Waals surface area contributed by atoms with E-state index in [-0.39, 0.29) is 11.7 Å². The lowest BCUT2D eigenvalue weighted by Crippen LogP contribution is -2.09. The topological polar surface area (TPSA) is 86.3 Å². The van der Waals surface area contributed by atoms with Crippen LogP contribution in [0, 0.1) is 0 Å². The van der Waals surface area contributed by atoms with E-state index in [1.54, 1.807) is 45.9 Å². The minimum atomic E-state index is -0.299. The van der Waals surface area contributed by atoms with Gasteiger partial charge >= 0.3 is 0 Å². The highest BCUT2D eigenvalue weighted by atomic mass is 16.5. The largest absolute Gasteiger partial charge is 0.493 e. The van der Waals surface area contributed by atoms with Crippen molar-refractivity contribution < 1.29 is 19.0 Å². The van der Waals surface area contributed by atoms with Crippen LogP contribution in [0.15, 0.2) is 54.9 Å². The Morgan fingerprint density at radius 1 is 1.00 bits per heavy atom. The van der Waals surface area contributed by atoms with Gasteiger partial charge in [0.2, 0.25) is 5.75 Å². The third-order valence-electron chi connectivity index (χ3n) is 5.30. The number of aromatic nitrogens is 3. The lowest BCUT2D eigenvalue weighted by molar-refractivity contribution is 0.0967. The highest BCUT2D eigenvalue weighted by molar-refractivity contribution is 6.09. The van der Waals surface area contributed by atoms with Crippen molar-refractivity contribution in [2.75, 3.05) is 21.3 Å². The van der Waals surface area contributed by atoms with Crippen molar-refractivity contribution in [3.05, 3.63) is 66.0 Å². The molecule has 0 aliphatic rings. The van der Waals surface area contributed by atoms with Crippen LogP contribution >= 0.6 is 0 Å². The molecule has 31 heavy (non-hydrogen) atoms. The van der Waals surface area contributed by atoms with Gasteiger partial charge in [-0.25, -0.2) is 9.97 Å². The Hall–Kier alpha value is -3.87. The molecule has 2 aromatic carbocycles. The molecule has 0 spiro atoms. The Morgan fingerprint density at radius 2 is 1.68 bits per heavy atom. The maximum atomic E-state index is 13.2. The second kappa shape index (κ2) is 8.47. The fraction of sp³-hybridized carbons (Fsp3) is 0.208. The van der Waals surface area contributed by atoms with E-state index < -0.39 is 0 Å². The molecule has 0 aliphatic heterocycles. The second-order valence-electron chi connectivity index (χ2n) is 7.07. The van der Waals surface area contributed by atoms with Gasteiger partial charge in [-0.05, 0) is 17.7 Å². The summed E-state index contributed by atoms with van der Waals surface area (Å²) in [5.74, 6) is 1.21. The summed E-state index contributed by atoms with van der Waals surface area (Å²) in [6.07, 6.45) is 3.32. The molecule has 1 unspecified atom stereocenters. The number of rotatable bonds is 7. The van der Waals surface area contributed by atoms with Crippen LogP contribution in [0.5, 0.6) is 17.2 Å². The molecular formula is C24H23N3O4. The normalized spacial score (nSPS) is 11.9. The Morgan fingerprint density at radius 3 is 2.29 bits per heavy atom. The first-order valence-corrected chi connectivity index (χ1v) is 9.81. The number of hydrogen-bond donors (Lipinski definition) is 1. The van der Waals surface area contributed by atoms with Gasteiger partial charge in [0.05, 0.1) is 38.8 Å².